The van der Waals surface area contributed by atoms with E-state index in [1.54, 1.807) is 6.07 Å². The lowest BCUT2D eigenvalue weighted by Gasteiger charge is -2.22. The minimum Gasteiger partial charge on any atom is -0.508 e. The molecule has 0 saturated carbocycles. The SMILES string of the molecule is CC(C)(N)c1c(O)ccc2cc(Br)ccc12. The van der Waals surface area contributed by atoms with Crippen LogP contribution in [0.4, 0.5) is 0 Å². The summed E-state index contributed by atoms with van der Waals surface area (Å²) in [6.07, 6.45) is 0. The normalized spacial score (nSPS) is 12.0. The van der Waals surface area contributed by atoms with E-state index in [1.807, 2.05) is 38.1 Å². The Kier molecular flexibility index (Phi) is 2.68. The van der Waals surface area contributed by atoms with Crippen LogP contribution in [0.1, 0.15) is 19.4 Å². The van der Waals surface area contributed by atoms with Crippen LogP contribution in [0.15, 0.2) is 34.8 Å². The van der Waals surface area contributed by atoms with E-state index >= 15 is 0 Å². The molecule has 3 N–H and O–H groups in total. The van der Waals surface area contributed by atoms with Crippen LogP contribution < -0.4 is 5.73 Å². The van der Waals surface area contributed by atoms with Gasteiger partial charge in [-0.25, -0.2) is 0 Å². The van der Waals surface area contributed by atoms with Gasteiger partial charge in [0.25, 0.3) is 0 Å². The zero-order valence-corrected chi connectivity index (χ0v) is 10.9. The largest absolute Gasteiger partial charge is 0.508 e. The summed E-state index contributed by atoms with van der Waals surface area (Å²) in [7, 11) is 0. The molecular formula is C13H14BrNO. The molecule has 0 saturated heterocycles. The fourth-order valence-corrected chi connectivity index (χ4v) is 2.35. The van der Waals surface area contributed by atoms with Gasteiger partial charge in [0.2, 0.25) is 0 Å². The molecule has 3 heteroatoms. The fourth-order valence-electron chi connectivity index (χ4n) is 1.97. The molecule has 0 aromatic heterocycles. The highest BCUT2D eigenvalue weighted by atomic mass is 79.9. The molecule has 0 amide bonds. The molecule has 0 radical (unpaired) electrons. The Morgan fingerprint density at radius 3 is 2.50 bits per heavy atom. The number of hydrogen-bond acceptors (Lipinski definition) is 2. The van der Waals surface area contributed by atoms with Crippen molar-refractivity contribution in [1.29, 1.82) is 0 Å². The minimum atomic E-state index is -0.558. The van der Waals surface area contributed by atoms with Crippen molar-refractivity contribution in [3.8, 4) is 5.75 Å². The standard InChI is InChI=1S/C13H14BrNO/c1-13(2,15)12-10-5-4-9(14)7-8(10)3-6-11(12)16/h3-7,16H,15H2,1-2H3. The zero-order chi connectivity index (χ0) is 11.9. The topological polar surface area (TPSA) is 46.2 Å². The number of rotatable bonds is 1. The number of aromatic hydroxyl groups is 1. The first-order valence-electron chi connectivity index (χ1n) is 5.10. The highest BCUT2D eigenvalue weighted by Gasteiger charge is 2.21. The number of hydrogen-bond donors (Lipinski definition) is 2. The second kappa shape index (κ2) is 3.75. The number of nitrogens with two attached hydrogens (primary N) is 1. The summed E-state index contributed by atoms with van der Waals surface area (Å²) in [6, 6.07) is 9.54. The molecule has 0 aliphatic heterocycles. The van der Waals surface area contributed by atoms with Gasteiger partial charge in [0.1, 0.15) is 5.75 Å². The van der Waals surface area contributed by atoms with Gasteiger partial charge in [-0.3, -0.25) is 0 Å². The van der Waals surface area contributed by atoms with Crippen LogP contribution in [0.3, 0.4) is 0 Å². The Hall–Kier alpha value is -1.06. The minimum absolute atomic E-state index is 0.252. The first-order chi connectivity index (χ1) is 7.39. The maximum Gasteiger partial charge on any atom is 0.121 e. The lowest BCUT2D eigenvalue weighted by atomic mass is 9.89. The van der Waals surface area contributed by atoms with Gasteiger partial charge in [0, 0.05) is 15.6 Å². The van der Waals surface area contributed by atoms with Crippen molar-refractivity contribution in [2.75, 3.05) is 0 Å². The van der Waals surface area contributed by atoms with Crippen molar-refractivity contribution in [1.82, 2.24) is 0 Å². The summed E-state index contributed by atoms with van der Waals surface area (Å²) in [5.74, 6) is 0.252. The number of phenolic OH excluding ortho intramolecular Hbond substituents is 1. The van der Waals surface area contributed by atoms with E-state index < -0.39 is 5.54 Å². The number of halogens is 1. The van der Waals surface area contributed by atoms with Crippen LogP contribution in [0.2, 0.25) is 0 Å². The summed E-state index contributed by atoms with van der Waals surface area (Å²) in [5, 5.41) is 12.0. The van der Waals surface area contributed by atoms with E-state index in [9.17, 15) is 5.11 Å². The molecule has 16 heavy (non-hydrogen) atoms. The number of fused-ring (bicyclic) bond motifs is 1. The molecule has 2 aromatic rings. The van der Waals surface area contributed by atoms with Crippen molar-refractivity contribution in [2.24, 2.45) is 5.73 Å². The summed E-state index contributed by atoms with van der Waals surface area (Å²) in [6.45, 7) is 3.78. The highest BCUT2D eigenvalue weighted by Crippen LogP contribution is 2.35. The second-order valence-electron chi connectivity index (χ2n) is 4.55. The van der Waals surface area contributed by atoms with E-state index in [0.29, 0.717) is 0 Å². The van der Waals surface area contributed by atoms with Gasteiger partial charge in [0.05, 0.1) is 0 Å². The molecule has 0 atom stereocenters. The van der Waals surface area contributed by atoms with Crippen molar-refractivity contribution >= 4 is 26.7 Å². The van der Waals surface area contributed by atoms with Gasteiger partial charge in [0.15, 0.2) is 0 Å². The Balaban J connectivity index is 2.85. The molecule has 0 spiro atoms. The summed E-state index contributed by atoms with van der Waals surface area (Å²) in [4.78, 5) is 0. The van der Waals surface area contributed by atoms with Crippen LogP contribution >= 0.6 is 15.9 Å². The van der Waals surface area contributed by atoms with Gasteiger partial charge < -0.3 is 10.8 Å². The number of phenols is 1. The third-order valence-electron chi connectivity index (χ3n) is 2.60. The third-order valence-corrected chi connectivity index (χ3v) is 3.10. The Morgan fingerprint density at radius 2 is 1.88 bits per heavy atom. The quantitative estimate of drug-likeness (QED) is 0.839. The molecular weight excluding hydrogens is 266 g/mol. The van der Waals surface area contributed by atoms with Gasteiger partial charge in [-0.05, 0) is 42.8 Å². The second-order valence-corrected chi connectivity index (χ2v) is 5.46. The first-order valence-corrected chi connectivity index (χ1v) is 5.89. The Labute approximate surface area is 103 Å². The average molecular weight is 280 g/mol. The van der Waals surface area contributed by atoms with Crippen molar-refractivity contribution in [3.63, 3.8) is 0 Å². The molecule has 0 bridgehead atoms. The van der Waals surface area contributed by atoms with Crippen LogP contribution in [0.5, 0.6) is 5.75 Å². The fraction of sp³-hybridized carbons (Fsp3) is 0.231. The van der Waals surface area contributed by atoms with E-state index in [0.717, 1.165) is 20.8 Å². The van der Waals surface area contributed by atoms with E-state index in [-0.39, 0.29) is 5.75 Å². The molecule has 0 fully saturated rings. The lowest BCUT2D eigenvalue weighted by Crippen LogP contribution is -2.29. The van der Waals surface area contributed by atoms with Crippen LogP contribution in [0, 0.1) is 0 Å². The van der Waals surface area contributed by atoms with Crippen LogP contribution in [-0.2, 0) is 5.54 Å². The summed E-state index contributed by atoms with van der Waals surface area (Å²) in [5.41, 5.74) is 6.32. The first kappa shape index (κ1) is 11.4. The molecule has 0 heterocycles. The maximum absolute atomic E-state index is 9.92. The van der Waals surface area contributed by atoms with Crippen molar-refractivity contribution < 1.29 is 5.11 Å². The molecule has 0 aliphatic carbocycles. The van der Waals surface area contributed by atoms with E-state index in [2.05, 4.69) is 15.9 Å². The smallest absolute Gasteiger partial charge is 0.121 e. The summed E-state index contributed by atoms with van der Waals surface area (Å²) >= 11 is 3.43. The monoisotopic (exact) mass is 279 g/mol. The molecule has 2 rings (SSSR count). The molecule has 0 aliphatic rings. The van der Waals surface area contributed by atoms with Gasteiger partial charge in [-0.15, -0.1) is 0 Å². The zero-order valence-electron chi connectivity index (χ0n) is 9.29. The number of benzene rings is 2. The predicted octanol–water partition coefficient (Wildman–Crippen LogP) is 3.50. The van der Waals surface area contributed by atoms with Gasteiger partial charge in [-0.1, -0.05) is 28.1 Å². The summed E-state index contributed by atoms with van der Waals surface area (Å²) < 4.78 is 1.02. The Bertz CT molecular complexity index is 543. The highest BCUT2D eigenvalue weighted by molar-refractivity contribution is 9.10. The molecule has 2 aromatic carbocycles. The molecule has 84 valence electrons. The van der Waals surface area contributed by atoms with Crippen LogP contribution in [-0.4, -0.2) is 5.11 Å². The maximum atomic E-state index is 9.92. The van der Waals surface area contributed by atoms with Gasteiger partial charge in [-0.2, -0.15) is 0 Å². The van der Waals surface area contributed by atoms with Gasteiger partial charge >= 0.3 is 0 Å². The van der Waals surface area contributed by atoms with Crippen molar-refractivity contribution in [3.05, 3.63) is 40.4 Å². The molecule has 0 unspecified atom stereocenters. The molecule has 2 nitrogen and oxygen atoms in total. The Morgan fingerprint density at radius 1 is 1.19 bits per heavy atom. The lowest BCUT2D eigenvalue weighted by molar-refractivity contribution is 0.443. The van der Waals surface area contributed by atoms with E-state index in [1.165, 1.54) is 0 Å². The third kappa shape index (κ3) is 1.93. The van der Waals surface area contributed by atoms with Crippen LogP contribution in [0.25, 0.3) is 10.8 Å². The van der Waals surface area contributed by atoms with Crippen molar-refractivity contribution in [2.45, 2.75) is 19.4 Å². The predicted molar refractivity (Wildman–Crippen MR) is 70.5 cm³/mol. The average Bonchev–Trinajstić information content (AvgIpc) is 2.16. The van der Waals surface area contributed by atoms with E-state index in [4.69, 9.17) is 5.73 Å².